The molecule has 0 amide bonds. The predicted octanol–water partition coefficient (Wildman–Crippen LogP) is -1.35. The molecule has 0 saturated carbocycles. The molecule has 1 aliphatic rings. The highest BCUT2D eigenvalue weighted by atomic mass is 32.2. The predicted molar refractivity (Wildman–Crippen MR) is 63.8 cm³/mol. The zero-order valence-corrected chi connectivity index (χ0v) is 10.4. The van der Waals surface area contributed by atoms with E-state index in [1.807, 2.05) is 0 Å². The minimum atomic E-state index is -3.21. The third-order valence-electron chi connectivity index (χ3n) is 2.28. The van der Waals surface area contributed by atoms with E-state index in [2.05, 4.69) is 12.6 Å². The molecule has 2 atom stereocenters. The molecular formula is C7H13NO4S3. The number of hydrogen-bond acceptors (Lipinski definition) is 5. The van der Waals surface area contributed by atoms with Gasteiger partial charge in [0.15, 0.2) is 9.84 Å². The third-order valence-corrected chi connectivity index (χ3v) is 4.47. The Balaban J connectivity index is 2.81. The van der Waals surface area contributed by atoms with Crippen LogP contribution in [0.5, 0.6) is 0 Å². The lowest BCUT2D eigenvalue weighted by Gasteiger charge is -2.29. The molecule has 0 aromatic rings. The van der Waals surface area contributed by atoms with E-state index in [-0.39, 0.29) is 29.0 Å². The highest BCUT2D eigenvalue weighted by Gasteiger charge is 2.40. The van der Waals surface area contributed by atoms with E-state index in [4.69, 9.17) is 17.3 Å². The molecule has 8 heteroatoms. The molecule has 0 aromatic heterocycles. The molecule has 15 heavy (non-hydrogen) atoms. The normalized spacial score (nSPS) is 29.0. The van der Waals surface area contributed by atoms with Crippen LogP contribution in [-0.4, -0.2) is 64.7 Å². The van der Waals surface area contributed by atoms with Gasteiger partial charge < -0.3 is 15.1 Å². The van der Waals surface area contributed by atoms with Crippen LogP contribution in [0.3, 0.4) is 0 Å². The van der Waals surface area contributed by atoms with Gasteiger partial charge >= 0.3 is 0 Å². The van der Waals surface area contributed by atoms with Gasteiger partial charge in [-0.25, -0.2) is 8.42 Å². The molecule has 2 unspecified atom stereocenters. The van der Waals surface area contributed by atoms with E-state index in [9.17, 15) is 13.5 Å². The summed E-state index contributed by atoms with van der Waals surface area (Å²) in [5.41, 5.74) is 0. The van der Waals surface area contributed by atoms with Crippen LogP contribution in [-0.2, 0) is 9.84 Å². The molecule has 0 spiro atoms. The minimum absolute atomic E-state index is 0.144. The van der Waals surface area contributed by atoms with E-state index in [0.717, 1.165) is 0 Å². The van der Waals surface area contributed by atoms with Gasteiger partial charge in [0.2, 0.25) is 0 Å². The molecule has 0 bridgehead atoms. The maximum absolute atomic E-state index is 11.3. The average Bonchev–Trinajstić information content (AvgIpc) is 2.35. The number of thiocarbonyl (C=S) groups is 1. The first-order valence-electron chi connectivity index (χ1n) is 4.36. The number of aliphatic hydroxyl groups excluding tert-OH is 2. The molecule has 0 aromatic carbocycles. The fourth-order valence-corrected chi connectivity index (χ4v) is 3.90. The average molecular weight is 271 g/mol. The van der Waals surface area contributed by atoms with Gasteiger partial charge in [-0.2, -0.15) is 0 Å². The van der Waals surface area contributed by atoms with Gasteiger partial charge in [0, 0.05) is 6.54 Å². The van der Waals surface area contributed by atoms with Crippen molar-refractivity contribution >= 4 is 39.0 Å². The molecule has 1 rings (SSSR count). The van der Waals surface area contributed by atoms with Crippen LogP contribution in [0.4, 0.5) is 0 Å². The fourth-order valence-electron chi connectivity index (χ4n) is 1.62. The summed E-state index contributed by atoms with van der Waals surface area (Å²) in [6.45, 7) is 0.0174. The lowest BCUT2D eigenvalue weighted by atomic mass is 10.2. The van der Waals surface area contributed by atoms with Crippen molar-refractivity contribution in [2.45, 2.75) is 12.1 Å². The largest absolute Gasteiger partial charge is 0.395 e. The van der Waals surface area contributed by atoms with E-state index < -0.39 is 22.0 Å². The van der Waals surface area contributed by atoms with Crippen LogP contribution in [0.2, 0.25) is 0 Å². The van der Waals surface area contributed by atoms with Gasteiger partial charge in [-0.05, 0) is 0 Å². The van der Waals surface area contributed by atoms with Crippen LogP contribution in [0, 0.1) is 0 Å². The molecule has 1 saturated heterocycles. The van der Waals surface area contributed by atoms with E-state index in [1.54, 1.807) is 0 Å². The summed E-state index contributed by atoms with van der Waals surface area (Å²) in [6.07, 6.45) is -0.966. The first-order valence-corrected chi connectivity index (χ1v) is 7.04. The molecule has 1 aliphatic heterocycles. The van der Waals surface area contributed by atoms with Crippen LogP contribution in [0.25, 0.3) is 0 Å². The van der Waals surface area contributed by atoms with Crippen molar-refractivity contribution in [3.05, 3.63) is 0 Å². The second kappa shape index (κ2) is 4.96. The highest BCUT2D eigenvalue weighted by molar-refractivity contribution is 8.10. The van der Waals surface area contributed by atoms with Gasteiger partial charge in [-0.15, -0.1) is 12.6 Å². The quantitative estimate of drug-likeness (QED) is 0.435. The van der Waals surface area contributed by atoms with Gasteiger partial charge in [-0.3, -0.25) is 0 Å². The van der Waals surface area contributed by atoms with E-state index in [0.29, 0.717) is 0 Å². The third kappa shape index (κ3) is 3.28. The van der Waals surface area contributed by atoms with Gasteiger partial charge in [0.1, 0.15) is 4.32 Å². The van der Waals surface area contributed by atoms with Crippen molar-refractivity contribution in [1.29, 1.82) is 0 Å². The Hall–Kier alpha value is 0.110. The van der Waals surface area contributed by atoms with Crippen LogP contribution < -0.4 is 0 Å². The molecule has 88 valence electrons. The summed E-state index contributed by atoms with van der Waals surface area (Å²) in [7, 11) is -3.21. The van der Waals surface area contributed by atoms with E-state index >= 15 is 0 Å². The Bertz CT molecular complexity index is 342. The van der Waals surface area contributed by atoms with Crippen LogP contribution in [0.15, 0.2) is 0 Å². The number of thiol groups is 1. The summed E-state index contributed by atoms with van der Waals surface area (Å²) in [6, 6.07) is -0.591. The highest BCUT2D eigenvalue weighted by Crippen LogP contribution is 2.19. The summed E-state index contributed by atoms with van der Waals surface area (Å²) in [5.74, 6) is -0.398. The van der Waals surface area contributed by atoms with Crippen molar-refractivity contribution in [3.8, 4) is 0 Å². The lowest BCUT2D eigenvalue weighted by Crippen LogP contribution is -2.45. The van der Waals surface area contributed by atoms with E-state index in [1.165, 1.54) is 4.90 Å². The molecule has 0 radical (unpaired) electrons. The molecular weight excluding hydrogens is 258 g/mol. The van der Waals surface area contributed by atoms with Crippen molar-refractivity contribution in [1.82, 2.24) is 4.90 Å². The van der Waals surface area contributed by atoms with Crippen molar-refractivity contribution < 1.29 is 18.6 Å². The smallest absolute Gasteiger partial charge is 0.155 e. The van der Waals surface area contributed by atoms with Crippen molar-refractivity contribution in [2.75, 3.05) is 24.7 Å². The Morgan fingerprint density at radius 3 is 2.47 bits per heavy atom. The number of rotatable bonds is 3. The zero-order chi connectivity index (χ0) is 11.6. The number of aliphatic hydroxyl groups is 2. The molecule has 5 nitrogen and oxygen atoms in total. The first kappa shape index (κ1) is 13.2. The van der Waals surface area contributed by atoms with Crippen LogP contribution >= 0.6 is 24.8 Å². The molecule has 0 aliphatic carbocycles. The number of nitrogens with zero attached hydrogens (tertiary/aromatic N) is 1. The van der Waals surface area contributed by atoms with Gasteiger partial charge in [0.25, 0.3) is 0 Å². The maximum Gasteiger partial charge on any atom is 0.155 e. The topological polar surface area (TPSA) is 77.8 Å². The van der Waals surface area contributed by atoms with Gasteiger partial charge in [0.05, 0.1) is 30.3 Å². The standard InChI is InChI=1S/C7H13NO4S3/c9-2-1-8(7(13)14)5-3-15(11,12)4-6(5)10/h5-6,9-10H,1-4H2,(H,13,14). The zero-order valence-electron chi connectivity index (χ0n) is 7.90. The van der Waals surface area contributed by atoms with Crippen molar-refractivity contribution in [3.63, 3.8) is 0 Å². The molecule has 2 N–H and O–H groups in total. The van der Waals surface area contributed by atoms with Crippen molar-refractivity contribution in [2.24, 2.45) is 0 Å². The summed E-state index contributed by atoms with van der Waals surface area (Å²) in [4.78, 5) is 1.44. The molecule has 1 fully saturated rings. The summed E-state index contributed by atoms with van der Waals surface area (Å²) in [5, 5.41) is 18.4. The second-order valence-corrected chi connectivity index (χ2v) is 6.68. The van der Waals surface area contributed by atoms with Crippen LogP contribution in [0.1, 0.15) is 0 Å². The molecule has 1 heterocycles. The number of hydrogen-bond donors (Lipinski definition) is 3. The first-order chi connectivity index (χ1) is 6.87. The Morgan fingerprint density at radius 2 is 2.13 bits per heavy atom. The Morgan fingerprint density at radius 1 is 1.53 bits per heavy atom. The second-order valence-electron chi connectivity index (χ2n) is 3.41. The fraction of sp³-hybridized carbons (Fsp3) is 0.857. The summed E-state index contributed by atoms with van der Waals surface area (Å²) >= 11 is 8.76. The number of sulfone groups is 1. The lowest BCUT2D eigenvalue weighted by molar-refractivity contribution is 0.114. The Kier molecular flexibility index (Phi) is 4.36. The summed E-state index contributed by atoms with van der Waals surface area (Å²) < 4.78 is 22.7. The monoisotopic (exact) mass is 271 g/mol. The minimum Gasteiger partial charge on any atom is -0.395 e. The Labute approximate surface area is 99.4 Å². The SMILES string of the molecule is O=S1(=O)CC(O)C(N(CCO)C(=S)S)C1. The maximum atomic E-state index is 11.3. The van der Waals surface area contributed by atoms with Gasteiger partial charge in [-0.1, -0.05) is 12.2 Å².